The Labute approximate surface area is 132 Å². The van der Waals surface area contributed by atoms with Crippen molar-refractivity contribution in [3.05, 3.63) is 63.9 Å². The summed E-state index contributed by atoms with van der Waals surface area (Å²) >= 11 is 3.33. The standard InChI is InChI=1S/C16H16BrN3O/c17-12-5-6-14(19-10-12)16(21)20-8-7-11-3-1-2-4-13(11)15(20)9-18/h1-6,10,15H,7-9,18H2. The van der Waals surface area contributed by atoms with Crippen LogP contribution in [0.25, 0.3) is 0 Å². The Hall–Kier alpha value is -1.72. The molecule has 2 heterocycles. The van der Waals surface area contributed by atoms with Crippen molar-refractivity contribution in [2.24, 2.45) is 5.73 Å². The number of carbonyl (C=O) groups excluding carboxylic acids is 1. The molecule has 4 nitrogen and oxygen atoms in total. The monoisotopic (exact) mass is 345 g/mol. The van der Waals surface area contributed by atoms with Crippen molar-refractivity contribution < 1.29 is 4.79 Å². The van der Waals surface area contributed by atoms with Crippen molar-refractivity contribution in [1.29, 1.82) is 0 Å². The summed E-state index contributed by atoms with van der Waals surface area (Å²) in [5.41, 5.74) is 8.81. The van der Waals surface area contributed by atoms with E-state index in [0.717, 1.165) is 16.5 Å². The molecule has 0 bridgehead atoms. The van der Waals surface area contributed by atoms with Crippen molar-refractivity contribution in [1.82, 2.24) is 9.88 Å². The Morgan fingerprint density at radius 3 is 2.86 bits per heavy atom. The Balaban J connectivity index is 1.92. The molecule has 0 saturated carbocycles. The minimum absolute atomic E-state index is 0.0625. The van der Waals surface area contributed by atoms with Gasteiger partial charge in [-0.05, 0) is 45.6 Å². The van der Waals surface area contributed by atoms with Crippen molar-refractivity contribution >= 4 is 21.8 Å². The molecule has 0 saturated heterocycles. The van der Waals surface area contributed by atoms with Crippen LogP contribution in [0.2, 0.25) is 0 Å². The van der Waals surface area contributed by atoms with Crippen LogP contribution in [0.1, 0.15) is 27.7 Å². The van der Waals surface area contributed by atoms with E-state index in [1.54, 1.807) is 12.3 Å². The summed E-state index contributed by atoms with van der Waals surface area (Å²) in [4.78, 5) is 18.7. The number of amides is 1. The summed E-state index contributed by atoms with van der Waals surface area (Å²) in [5, 5.41) is 0. The Bertz CT molecular complexity index is 657. The fourth-order valence-corrected chi connectivity index (χ4v) is 3.03. The number of aromatic nitrogens is 1. The van der Waals surface area contributed by atoms with E-state index in [-0.39, 0.29) is 11.9 Å². The summed E-state index contributed by atoms with van der Waals surface area (Å²) in [7, 11) is 0. The van der Waals surface area contributed by atoms with Crippen LogP contribution in [-0.4, -0.2) is 28.9 Å². The lowest BCUT2D eigenvalue weighted by Crippen LogP contribution is -2.43. The summed E-state index contributed by atoms with van der Waals surface area (Å²) in [5.74, 6) is -0.0625. The van der Waals surface area contributed by atoms with Crippen molar-refractivity contribution in [3.63, 3.8) is 0 Å². The minimum Gasteiger partial charge on any atom is -0.329 e. The molecule has 1 unspecified atom stereocenters. The fraction of sp³-hybridized carbons (Fsp3) is 0.250. The second kappa shape index (κ2) is 5.95. The number of pyridine rings is 1. The second-order valence-electron chi connectivity index (χ2n) is 5.06. The van der Waals surface area contributed by atoms with Crippen LogP contribution in [0, 0.1) is 0 Å². The molecule has 1 aliphatic heterocycles. The summed E-state index contributed by atoms with van der Waals surface area (Å²) in [6.45, 7) is 1.09. The van der Waals surface area contributed by atoms with Gasteiger partial charge in [0, 0.05) is 23.8 Å². The number of benzene rings is 1. The van der Waals surface area contributed by atoms with Gasteiger partial charge >= 0.3 is 0 Å². The average Bonchev–Trinajstić information content (AvgIpc) is 2.53. The molecule has 1 amide bonds. The van der Waals surface area contributed by atoms with Crippen molar-refractivity contribution in [2.45, 2.75) is 12.5 Å². The third-order valence-electron chi connectivity index (χ3n) is 3.84. The van der Waals surface area contributed by atoms with Crippen molar-refractivity contribution in [3.8, 4) is 0 Å². The molecule has 108 valence electrons. The van der Waals surface area contributed by atoms with E-state index >= 15 is 0 Å². The predicted octanol–water partition coefficient (Wildman–Crippen LogP) is 2.54. The maximum absolute atomic E-state index is 12.7. The van der Waals surface area contributed by atoms with Gasteiger partial charge in [-0.3, -0.25) is 4.79 Å². The average molecular weight is 346 g/mol. The lowest BCUT2D eigenvalue weighted by atomic mass is 9.92. The molecule has 0 spiro atoms. The molecule has 1 aliphatic rings. The van der Waals surface area contributed by atoms with Crippen LogP contribution in [0.15, 0.2) is 47.1 Å². The van der Waals surface area contributed by atoms with Gasteiger partial charge in [-0.25, -0.2) is 4.98 Å². The van der Waals surface area contributed by atoms with Gasteiger partial charge in [0.25, 0.3) is 5.91 Å². The fourth-order valence-electron chi connectivity index (χ4n) is 2.80. The summed E-state index contributed by atoms with van der Waals surface area (Å²) < 4.78 is 0.860. The van der Waals surface area contributed by atoms with Gasteiger partial charge in [-0.1, -0.05) is 24.3 Å². The third kappa shape index (κ3) is 2.71. The number of fused-ring (bicyclic) bond motifs is 1. The number of nitrogens with two attached hydrogens (primary N) is 1. The maximum atomic E-state index is 12.7. The molecule has 1 aromatic heterocycles. The lowest BCUT2D eigenvalue weighted by molar-refractivity contribution is 0.0661. The van der Waals surface area contributed by atoms with Gasteiger partial charge in [0.05, 0.1) is 6.04 Å². The van der Waals surface area contributed by atoms with Crippen LogP contribution in [0.5, 0.6) is 0 Å². The SMILES string of the molecule is NCC1c2ccccc2CCN1C(=O)c1ccc(Br)cn1. The smallest absolute Gasteiger partial charge is 0.273 e. The molecular weight excluding hydrogens is 330 g/mol. The molecule has 0 radical (unpaired) electrons. The highest BCUT2D eigenvalue weighted by Crippen LogP contribution is 2.29. The molecule has 5 heteroatoms. The summed E-state index contributed by atoms with van der Waals surface area (Å²) in [6, 6.07) is 11.7. The molecule has 2 N–H and O–H groups in total. The van der Waals surface area contributed by atoms with E-state index in [9.17, 15) is 4.79 Å². The molecule has 21 heavy (non-hydrogen) atoms. The van der Waals surface area contributed by atoms with Gasteiger partial charge in [0.15, 0.2) is 0 Å². The first-order valence-corrected chi connectivity index (χ1v) is 7.70. The van der Waals surface area contributed by atoms with E-state index in [1.165, 1.54) is 5.56 Å². The highest BCUT2D eigenvalue weighted by atomic mass is 79.9. The van der Waals surface area contributed by atoms with Gasteiger partial charge in [-0.15, -0.1) is 0 Å². The number of hydrogen-bond donors (Lipinski definition) is 1. The van der Waals surface area contributed by atoms with Gasteiger partial charge in [0.2, 0.25) is 0 Å². The Morgan fingerprint density at radius 2 is 2.14 bits per heavy atom. The van der Waals surface area contributed by atoms with Crippen LogP contribution in [0.3, 0.4) is 0 Å². The molecule has 3 rings (SSSR count). The molecule has 1 atom stereocenters. The zero-order valence-corrected chi connectivity index (χ0v) is 13.1. The van der Waals surface area contributed by atoms with Crippen LogP contribution in [0.4, 0.5) is 0 Å². The number of halogens is 1. The van der Waals surface area contributed by atoms with E-state index in [0.29, 0.717) is 18.8 Å². The minimum atomic E-state index is -0.0760. The molecule has 0 aliphatic carbocycles. The Kier molecular flexibility index (Phi) is 4.03. The second-order valence-corrected chi connectivity index (χ2v) is 5.98. The first-order valence-electron chi connectivity index (χ1n) is 6.91. The van der Waals surface area contributed by atoms with Gasteiger partial charge < -0.3 is 10.6 Å². The quantitative estimate of drug-likeness (QED) is 0.909. The number of carbonyl (C=O) groups is 1. The molecule has 2 aromatic rings. The first-order chi connectivity index (χ1) is 10.2. The predicted molar refractivity (Wildman–Crippen MR) is 84.9 cm³/mol. The Morgan fingerprint density at radius 1 is 1.33 bits per heavy atom. The number of nitrogens with zero attached hydrogens (tertiary/aromatic N) is 2. The van der Waals surface area contributed by atoms with E-state index in [2.05, 4.69) is 33.0 Å². The number of rotatable bonds is 2. The first kappa shape index (κ1) is 14.2. The number of hydrogen-bond acceptors (Lipinski definition) is 3. The molecule has 0 fully saturated rings. The van der Waals surface area contributed by atoms with Gasteiger partial charge in [0.1, 0.15) is 5.69 Å². The topological polar surface area (TPSA) is 59.2 Å². The highest BCUT2D eigenvalue weighted by molar-refractivity contribution is 9.10. The highest BCUT2D eigenvalue weighted by Gasteiger charge is 2.30. The maximum Gasteiger partial charge on any atom is 0.273 e. The largest absolute Gasteiger partial charge is 0.329 e. The molecular formula is C16H16BrN3O. The molecule has 1 aromatic carbocycles. The lowest BCUT2D eigenvalue weighted by Gasteiger charge is -2.36. The van der Waals surface area contributed by atoms with Crippen LogP contribution >= 0.6 is 15.9 Å². The van der Waals surface area contributed by atoms with E-state index in [1.807, 2.05) is 23.1 Å². The van der Waals surface area contributed by atoms with E-state index in [4.69, 9.17) is 5.73 Å². The normalized spacial score (nSPS) is 17.4. The van der Waals surface area contributed by atoms with Gasteiger partial charge in [-0.2, -0.15) is 0 Å². The zero-order chi connectivity index (χ0) is 14.8. The third-order valence-corrected chi connectivity index (χ3v) is 4.31. The summed E-state index contributed by atoms with van der Waals surface area (Å²) in [6.07, 6.45) is 2.50. The zero-order valence-electron chi connectivity index (χ0n) is 11.5. The van der Waals surface area contributed by atoms with Crippen LogP contribution < -0.4 is 5.73 Å². The van der Waals surface area contributed by atoms with E-state index < -0.39 is 0 Å². The van der Waals surface area contributed by atoms with Crippen LogP contribution in [-0.2, 0) is 6.42 Å². The van der Waals surface area contributed by atoms with Crippen molar-refractivity contribution in [2.75, 3.05) is 13.1 Å².